The van der Waals surface area contributed by atoms with Crippen LogP contribution >= 0.6 is 0 Å². The Hall–Kier alpha value is -2.72. The van der Waals surface area contributed by atoms with E-state index in [9.17, 15) is 15.3 Å². The van der Waals surface area contributed by atoms with Gasteiger partial charge >= 0.3 is 0 Å². The average Bonchev–Trinajstić information content (AvgIpc) is 2.65. The molecule has 3 N–H and O–H groups in total. The van der Waals surface area contributed by atoms with Crippen molar-refractivity contribution in [3.05, 3.63) is 75.9 Å². The number of allylic oxidation sites excluding steroid dienone is 4. The van der Waals surface area contributed by atoms with Gasteiger partial charge in [-0.1, -0.05) is 29.4 Å². The minimum Gasteiger partial charge on any atom is -0.508 e. The van der Waals surface area contributed by atoms with E-state index in [2.05, 4.69) is 12.2 Å². The number of hydrogen-bond acceptors (Lipinski definition) is 4. The zero-order valence-electron chi connectivity index (χ0n) is 17.6. The van der Waals surface area contributed by atoms with Crippen molar-refractivity contribution in [3.63, 3.8) is 0 Å². The molecule has 0 unspecified atom stereocenters. The maximum absolute atomic E-state index is 10.8. The zero-order chi connectivity index (χ0) is 21.1. The first-order chi connectivity index (χ1) is 13.7. The van der Waals surface area contributed by atoms with Crippen LogP contribution in [0.1, 0.15) is 56.1 Å². The van der Waals surface area contributed by atoms with Crippen LogP contribution in [0.5, 0.6) is 17.2 Å². The molecule has 4 heteroatoms. The summed E-state index contributed by atoms with van der Waals surface area (Å²) < 4.78 is 6.09. The average molecular weight is 395 g/mol. The largest absolute Gasteiger partial charge is 0.508 e. The minimum atomic E-state index is -0.704. The summed E-state index contributed by atoms with van der Waals surface area (Å²) in [4.78, 5) is 0. The summed E-state index contributed by atoms with van der Waals surface area (Å²) >= 11 is 0. The Kier molecular flexibility index (Phi) is 6.33. The van der Waals surface area contributed by atoms with E-state index in [1.54, 1.807) is 18.2 Å². The van der Waals surface area contributed by atoms with E-state index < -0.39 is 12.2 Å². The van der Waals surface area contributed by atoms with Crippen LogP contribution in [0.2, 0.25) is 0 Å². The lowest BCUT2D eigenvalue weighted by atomic mass is 9.90. The summed E-state index contributed by atoms with van der Waals surface area (Å²) in [5.74, 6) is 1.02. The van der Waals surface area contributed by atoms with Gasteiger partial charge in [-0.05, 0) is 81.0 Å². The van der Waals surface area contributed by atoms with Crippen LogP contribution < -0.4 is 4.74 Å². The normalized spacial score (nSPS) is 17.8. The smallest absolute Gasteiger partial charge is 0.150 e. The molecule has 2 aromatic rings. The third-order valence-electron chi connectivity index (χ3n) is 5.16. The predicted molar refractivity (Wildman–Crippen MR) is 116 cm³/mol. The van der Waals surface area contributed by atoms with Gasteiger partial charge < -0.3 is 20.1 Å². The van der Waals surface area contributed by atoms with Crippen molar-refractivity contribution in [1.82, 2.24) is 0 Å². The zero-order valence-corrected chi connectivity index (χ0v) is 17.6. The molecule has 2 atom stereocenters. The molecule has 1 heterocycles. The highest BCUT2D eigenvalue weighted by molar-refractivity contribution is 5.48. The van der Waals surface area contributed by atoms with Crippen LogP contribution in [0.25, 0.3) is 0 Å². The van der Waals surface area contributed by atoms with Crippen molar-refractivity contribution in [2.75, 3.05) is 0 Å². The van der Waals surface area contributed by atoms with Gasteiger partial charge in [-0.25, -0.2) is 0 Å². The molecular weight excluding hydrogens is 364 g/mol. The number of benzene rings is 2. The van der Waals surface area contributed by atoms with Crippen LogP contribution in [0.3, 0.4) is 0 Å². The highest BCUT2D eigenvalue weighted by Crippen LogP contribution is 2.39. The lowest BCUT2D eigenvalue weighted by Gasteiger charge is -2.31. The second-order valence-electron chi connectivity index (χ2n) is 8.26. The second-order valence-corrected chi connectivity index (χ2v) is 8.26. The van der Waals surface area contributed by atoms with E-state index in [0.29, 0.717) is 30.8 Å². The summed E-state index contributed by atoms with van der Waals surface area (Å²) in [6.07, 6.45) is 4.58. The Labute approximate surface area is 172 Å². The molecule has 1 aliphatic rings. The molecule has 4 nitrogen and oxygen atoms in total. The third kappa shape index (κ3) is 5.01. The van der Waals surface area contributed by atoms with Gasteiger partial charge in [-0.3, -0.25) is 0 Å². The van der Waals surface area contributed by atoms with E-state index in [-0.39, 0.29) is 5.75 Å². The fraction of sp³-hybridized carbons (Fsp3) is 0.360. The number of fused-ring (bicyclic) bond motifs is 1. The molecule has 2 aromatic carbocycles. The quantitative estimate of drug-likeness (QED) is 0.613. The topological polar surface area (TPSA) is 69.9 Å². The maximum atomic E-state index is 10.8. The minimum absolute atomic E-state index is 0.137. The highest BCUT2D eigenvalue weighted by Gasteiger charge is 2.31. The standard InChI is InChI=1S/C25H30O4/c1-15(2)5-7-18-11-20(12-19(24(18)28)8-6-16(3)4)25-22(27)13-17-9-10-21(26)14-23(17)29-25/h5-6,9-12,14,22,25-28H,7-8,13H2,1-4H3/t22-,25-/m1/s1. The van der Waals surface area contributed by atoms with E-state index >= 15 is 0 Å². The number of rotatable bonds is 5. The summed E-state index contributed by atoms with van der Waals surface area (Å²) in [5, 5.41) is 31.3. The maximum Gasteiger partial charge on any atom is 0.150 e. The van der Waals surface area contributed by atoms with Crippen molar-refractivity contribution in [1.29, 1.82) is 0 Å². The number of ether oxygens (including phenoxy) is 1. The number of aliphatic hydroxyl groups is 1. The van der Waals surface area contributed by atoms with E-state index in [1.807, 2.05) is 39.8 Å². The van der Waals surface area contributed by atoms with Crippen LogP contribution in [0.4, 0.5) is 0 Å². The molecule has 1 aliphatic heterocycles. The van der Waals surface area contributed by atoms with Gasteiger partial charge in [0, 0.05) is 12.5 Å². The molecule has 29 heavy (non-hydrogen) atoms. The van der Waals surface area contributed by atoms with E-state index in [0.717, 1.165) is 22.3 Å². The van der Waals surface area contributed by atoms with Gasteiger partial charge in [0.05, 0.1) is 6.10 Å². The Morgan fingerprint density at radius 3 is 2.10 bits per heavy atom. The van der Waals surface area contributed by atoms with E-state index in [4.69, 9.17) is 4.74 Å². The molecule has 0 aliphatic carbocycles. The molecule has 0 spiro atoms. The number of phenols is 2. The molecule has 0 saturated heterocycles. The second kappa shape index (κ2) is 8.75. The predicted octanol–water partition coefficient (Wildman–Crippen LogP) is 5.15. The molecule has 154 valence electrons. The first-order valence-electron chi connectivity index (χ1n) is 10.0. The molecule has 0 amide bonds. The lowest BCUT2D eigenvalue weighted by molar-refractivity contribution is 0.0205. The molecule has 0 saturated carbocycles. The van der Waals surface area contributed by atoms with Gasteiger partial charge in [0.1, 0.15) is 23.4 Å². The summed E-state index contributed by atoms with van der Waals surface area (Å²) in [5.41, 5.74) is 5.70. The monoisotopic (exact) mass is 394 g/mol. The first-order valence-corrected chi connectivity index (χ1v) is 10.0. The van der Waals surface area contributed by atoms with Gasteiger partial charge in [0.2, 0.25) is 0 Å². The summed E-state index contributed by atoms with van der Waals surface area (Å²) in [7, 11) is 0. The molecule has 0 bridgehead atoms. The SMILES string of the molecule is CC(C)=CCc1cc([C@H]2Oc3cc(O)ccc3C[C@H]2O)cc(CC=C(C)C)c1O. The van der Waals surface area contributed by atoms with Crippen molar-refractivity contribution >= 4 is 0 Å². The molecule has 0 radical (unpaired) electrons. The first kappa shape index (κ1) is 21.0. The fourth-order valence-electron chi connectivity index (χ4n) is 3.55. The van der Waals surface area contributed by atoms with Crippen LogP contribution in [0.15, 0.2) is 53.6 Å². The Morgan fingerprint density at radius 1 is 0.966 bits per heavy atom. The number of hydrogen-bond donors (Lipinski definition) is 3. The van der Waals surface area contributed by atoms with Crippen LogP contribution in [-0.2, 0) is 19.3 Å². The number of aliphatic hydroxyl groups excluding tert-OH is 1. The third-order valence-corrected chi connectivity index (χ3v) is 5.16. The lowest BCUT2D eigenvalue weighted by Crippen LogP contribution is -2.30. The Balaban J connectivity index is 2.02. The molecule has 0 fully saturated rings. The molecular formula is C25H30O4. The van der Waals surface area contributed by atoms with Crippen LogP contribution in [-0.4, -0.2) is 21.4 Å². The summed E-state index contributed by atoms with van der Waals surface area (Å²) in [6, 6.07) is 8.81. The van der Waals surface area contributed by atoms with Gasteiger partial charge in [-0.2, -0.15) is 0 Å². The van der Waals surface area contributed by atoms with Gasteiger partial charge in [-0.15, -0.1) is 0 Å². The van der Waals surface area contributed by atoms with Crippen molar-refractivity contribution in [2.24, 2.45) is 0 Å². The van der Waals surface area contributed by atoms with Crippen LogP contribution in [0, 0.1) is 0 Å². The summed E-state index contributed by atoms with van der Waals surface area (Å²) in [6.45, 7) is 8.12. The van der Waals surface area contributed by atoms with Crippen molar-refractivity contribution in [2.45, 2.75) is 59.2 Å². The molecule has 3 rings (SSSR count). The van der Waals surface area contributed by atoms with Crippen molar-refractivity contribution < 1.29 is 20.1 Å². The fourth-order valence-corrected chi connectivity index (χ4v) is 3.55. The molecule has 0 aromatic heterocycles. The van der Waals surface area contributed by atoms with Gasteiger partial charge in [0.15, 0.2) is 0 Å². The van der Waals surface area contributed by atoms with E-state index in [1.165, 1.54) is 11.1 Å². The van der Waals surface area contributed by atoms with Crippen molar-refractivity contribution in [3.8, 4) is 17.2 Å². The Bertz CT molecular complexity index is 906. The van der Waals surface area contributed by atoms with Gasteiger partial charge in [0.25, 0.3) is 0 Å². The Morgan fingerprint density at radius 2 is 1.55 bits per heavy atom. The highest BCUT2D eigenvalue weighted by atomic mass is 16.5. The number of phenolic OH excluding ortho intramolecular Hbond substituents is 2. The number of aromatic hydroxyl groups is 2.